The second-order valence-electron chi connectivity index (χ2n) is 6.31. The monoisotopic (exact) mass is 432 g/mol. The predicted molar refractivity (Wildman–Crippen MR) is 111 cm³/mol. The van der Waals surface area contributed by atoms with Gasteiger partial charge in [0.05, 0.1) is 27.8 Å². The minimum absolute atomic E-state index is 0.00368. The van der Waals surface area contributed by atoms with E-state index in [2.05, 4.69) is 10.3 Å². The number of sulfone groups is 1. The van der Waals surface area contributed by atoms with Gasteiger partial charge in [0.1, 0.15) is 11.6 Å². The highest BCUT2D eigenvalue weighted by Gasteiger charge is 2.13. The first kappa shape index (κ1) is 21.0. The predicted octanol–water partition coefficient (Wildman–Crippen LogP) is 4.52. The molecule has 0 unspecified atom stereocenters. The molecule has 0 saturated heterocycles. The fourth-order valence-electron chi connectivity index (χ4n) is 2.74. The molecule has 1 amide bonds. The normalized spacial score (nSPS) is 11.3. The number of nitrogens with one attached hydrogen (secondary N) is 1. The third kappa shape index (κ3) is 5.19. The molecule has 0 radical (unpaired) electrons. The van der Waals surface area contributed by atoms with Crippen LogP contribution in [0.4, 0.5) is 10.2 Å². The molecule has 0 aliphatic rings. The Morgan fingerprint density at radius 3 is 2.59 bits per heavy atom. The van der Waals surface area contributed by atoms with Gasteiger partial charge in [-0.05, 0) is 48.0 Å². The highest BCUT2D eigenvalue weighted by Crippen LogP contribution is 2.27. The summed E-state index contributed by atoms with van der Waals surface area (Å²) in [4.78, 5) is 16.9. The van der Waals surface area contributed by atoms with E-state index in [4.69, 9.17) is 11.6 Å². The summed E-state index contributed by atoms with van der Waals surface area (Å²) in [6, 6.07) is 15.3. The van der Waals surface area contributed by atoms with Gasteiger partial charge in [-0.1, -0.05) is 36.7 Å². The molecule has 0 spiro atoms. The zero-order valence-electron chi connectivity index (χ0n) is 15.5. The lowest BCUT2D eigenvalue weighted by atomic mass is 10.1. The average Bonchev–Trinajstić information content (AvgIpc) is 2.68. The van der Waals surface area contributed by atoms with Crippen molar-refractivity contribution in [3.63, 3.8) is 0 Å². The van der Waals surface area contributed by atoms with Crippen LogP contribution in [-0.4, -0.2) is 25.1 Å². The number of carbonyl (C=O) groups excluding carboxylic acids is 1. The first-order chi connectivity index (χ1) is 13.8. The van der Waals surface area contributed by atoms with Gasteiger partial charge in [-0.25, -0.2) is 17.8 Å². The van der Waals surface area contributed by atoms with Crippen LogP contribution in [0, 0.1) is 5.82 Å². The zero-order valence-corrected chi connectivity index (χ0v) is 17.1. The summed E-state index contributed by atoms with van der Waals surface area (Å²) in [7, 11) is -3.34. The smallest absolute Gasteiger partial charge is 0.229 e. The number of nitrogens with zero attached hydrogens (tertiary/aromatic N) is 1. The molecule has 1 heterocycles. The summed E-state index contributed by atoms with van der Waals surface area (Å²) >= 11 is 6.08. The first-order valence-electron chi connectivity index (χ1n) is 8.82. The standard InChI is InChI=1S/C21H18ClFN2O3S/c1-2-29(27,28)16-6-3-5-14(11-16)12-21(26)25-20-8-4-7-19(24-20)17-10-9-15(23)13-18(17)22/h3-11,13H,2,12H2,1H3,(H,24,25,26). The van der Waals surface area contributed by atoms with Gasteiger partial charge in [0, 0.05) is 5.56 Å². The molecule has 1 N–H and O–H groups in total. The summed E-state index contributed by atoms with van der Waals surface area (Å²) in [6.07, 6.45) is -0.00368. The molecule has 5 nitrogen and oxygen atoms in total. The maximum Gasteiger partial charge on any atom is 0.229 e. The van der Waals surface area contributed by atoms with Crippen molar-refractivity contribution in [3.8, 4) is 11.3 Å². The number of rotatable bonds is 6. The summed E-state index contributed by atoms with van der Waals surface area (Å²) in [5.41, 5.74) is 1.61. The molecule has 3 rings (SSSR count). The molecule has 0 aliphatic heterocycles. The minimum atomic E-state index is -3.34. The molecule has 3 aromatic rings. The molecular weight excluding hydrogens is 415 g/mol. The number of aromatic nitrogens is 1. The van der Waals surface area contributed by atoms with Gasteiger partial charge >= 0.3 is 0 Å². The second kappa shape index (κ2) is 8.71. The Bertz CT molecular complexity index is 1170. The molecule has 1 aromatic heterocycles. The van der Waals surface area contributed by atoms with Gasteiger partial charge in [0.15, 0.2) is 9.84 Å². The Balaban J connectivity index is 1.76. The highest BCUT2D eigenvalue weighted by molar-refractivity contribution is 7.91. The number of carbonyl (C=O) groups is 1. The maximum absolute atomic E-state index is 13.2. The third-order valence-corrected chi connectivity index (χ3v) is 6.27. The maximum atomic E-state index is 13.2. The van der Waals surface area contributed by atoms with Crippen LogP contribution >= 0.6 is 11.6 Å². The molecule has 0 atom stereocenters. The van der Waals surface area contributed by atoms with Crippen molar-refractivity contribution in [1.82, 2.24) is 4.98 Å². The summed E-state index contributed by atoms with van der Waals surface area (Å²) in [5, 5.41) is 2.90. The summed E-state index contributed by atoms with van der Waals surface area (Å²) in [5.74, 6) is -0.489. The van der Waals surface area contributed by atoms with Crippen LogP contribution in [0.1, 0.15) is 12.5 Å². The molecule has 0 bridgehead atoms. The van der Waals surface area contributed by atoms with Crippen LogP contribution in [0.15, 0.2) is 65.6 Å². The molecule has 150 valence electrons. The number of hydrogen-bond donors (Lipinski definition) is 1. The van der Waals surface area contributed by atoms with Gasteiger partial charge in [-0.3, -0.25) is 4.79 Å². The van der Waals surface area contributed by atoms with Crippen molar-refractivity contribution in [2.75, 3.05) is 11.1 Å². The fraction of sp³-hybridized carbons (Fsp3) is 0.143. The Labute approximate surface area is 173 Å². The van der Waals surface area contributed by atoms with Crippen LogP contribution in [0.3, 0.4) is 0 Å². The molecule has 29 heavy (non-hydrogen) atoms. The number of anilines is 1. The largest absolute Gasteiger partial charge is 0.310 e. The molecule has 0 saturated carbocycles. The Morgan fingerprint density at radius 2 is 1.86 bits per heavy atom. The van der Waals surface area contributed by atoms with E-state index in [1.807, 2.05) is 0 Å². The van der Waals surface area contributed by atoms with E-state index in [1.165, 1.54) is 30.3 Å². The van der Waals surface area contributed by atoms with Crippen molar-refractivity contribution in [3.05, 3.63) is 77.1 Å². The quantitative estimate of drug-likeness (QED) is 0.621. The molecule has 0 fully saturated rings. The van der Waals surface area contributed by atoms with Crippen molar-refractivity contribution in [2.24, 2.45) is 0 Å². The van der Waals surface area contributed by atoms with E-state index in [1.54, 1.807) is 37.3 Å². The van der Waals surface area contributed by atoms with Crippen molar-refractivity contribution < 1.29 is 17.6 Å². The lowest BCUT2D eigenvalue weighted by molar-refractivity contribution is -0.115. The van der Waals surface area contributed by atoms with E-state index in [-0.39, 0.29) is 28.0 Å². The van der Waals surface area contributed by atoms with Crippen LogP contribution < -0.4 is 5.32 Å². The van der Waals surface area contributed by atoms with Gasteiger partial charge in [-0.2, -0.15) is 0 Å². The van der Waals surface area contributed by atoms with Crippen LogP contribution in [0.5, 0.6) is 0 Å². The van der Waals surface area contributed by atoms with Crippen molar-refractivity contribution in [2.45, 2.75) is 18.2 Å². The van der Waals surface area contributed by atoms with Crippen molar-refractivity contribution >= 4 is 33.2 Å². The van der Waals surface area contributed by atoms with Crippen molar-refractivity contribution in [1.29, 1.82) is 0 Å². The Morgan fingerprint density at radius 1 is 1.10 bits per heavy atom. The van der Waals surface area contributed by atoms with E-state index >= 15 is 0 Å². The topological polar surface area (TPSA) is 76.1 Å². The average molecular weight is 433 g/mol. The minimum Gasteiger partial charge on any atom is -0.310 e. The van der Waals surface area contributed by atoms with Gasteiger partial charge in [0.25, 0.3) is 0 Å². The third-order valence-electron chi connectivity index (χ3n) is 4.23. The number of benzene rings is 2. The van der Waals surface area contributed by atoms with Gasteiger partial charge in [0.2, 0.25) is 5.91 Å². The lowest BCUT2D eigenvalue weighted by Crippen LogP contribution is -2.16. The molecule has 2 aromatic carbocycles. The van der Waals surface area contributed by atoms with Crippen LogP contribution in [0.2, 0.25) is 5.02 Å². The van der Waals surface area contributed by atoms with E-state index in [0.29, 0.717) is 22.6 Å². The number of hydrogen-bond acceptors (Lipinski definition) is 4. The van der Waals surface area contributed by atoms with E-state index in [9.17, 15) is 17.6 Å². The fourth-order valence-corrected chi connectivity index (χ4v) is 3.95. The van der Waals surface area contributed by atoms with E-state index < -0.39 is 15.7 Å². The van der Waals surface area contributed by atoms with Crippen LogP contribution in [0.25, 0.3) is 11.3 Å². The highest BCUT2D eigenvalue weighted by atomic mass is 35.5. The van der Waals surface area contributed by atoms with Crippen LogP contribution in [-0.2, 0) is 21.1 Å². The second-order valence-corrected chi connectivity index (χ2v) is 8.99. The Kier molecular flexibility index (Phi) is 6.30. The summed E-state index contributed by atoms with van der Waals surface area (Å²) in [6.45, 7) is 1.57. The molecule has 0 aliphatic carbocycles. The Hall–Kier alpha value is -2.77. The van der Waals surface area contributed by atoms with E-state index in [0.717, 1.165) is 0 Å². The van der Waals surface area contributed by atoms with Gasteiger partial charge < -0.3 is 5.32 Å². The number of halogens is 2. The number of amides is 1. The number of pyridine rings is 1. The lowest BCUT2D eigenvalue weighted by Gasteiger charge is -2.09. The molecule has 8 heteroatoms. The first-order valence-corrected chi connectivity index (χ1v) is 10.9. The molecular formula is C21H18ClFN2O3S. The van der Waals surface area contributed by atoms with Gasteiger partial charge in [-0.15, -0.1) is 0 Å². The zero-order chi connectivity index (χ0) is 21.0. The summed E-state index contributed by atoms with van der Waals surface area (Å²) < 4.78 is 37.3. The SMILES string of the molecule is CCS(=O)(=O)c1cccc(CC(=O)Nc2cccc(-c3ccc(F)cc3Cl)n2)c1.